The van der Waals surface area contributed by atoms with Gasteiger partial charge in [-0.1, -0.05) is 12.1 Å². The molecule has 0 spiro atoms. The topological polar surface area (TPSA) is 114 Å². The number of nitrogens with one attached hydrogen (secondary N) is 2. The van der Waals surface area contributed by atoms with E-state index in [0.29, 0.717) is 5.69 Å². The molecule has 122 valence electrons. The van der Waals surface area contributed by atoms with Crippen molar-refractivity contribution in [2.75, 3.05) is 5.32 Å². The molecule has 0 unspecified atom stereocenters. The minimum atomic E-state index is -0.537. The summed E-state index contributed by atoms with van der Waals surface area (Å²) in [5.41, 5.74) is 3.90. The molecule has 24 heavy (non-hydrogen) atoms. The number of non-ortho nitro benzene ring substituents is 1. The van der Waals surface area contributed by atoms with Gasteiger partial charge in [0.05, 0.1) is 11.1 Å². The van der Waals surface area contributed by atoms with Crippen LogP contribution >= 0.6 is 0 Å². The van der Waals surface area contributed by atoms with Gasteiger partial charge < -0.3 is 5.32 Å². The van der Waals surface area contributed by atoms with E-state index >= 15 is 0 Å². The molecule has 8 heteroatoms. The normalized spacial score (nSPS) is 10.4. The number of hydrogen-bond donors (Lipinski definition) is 2. The Bertz CT molecular complexity index is 783. The smallest absolute Gasteiger partial charge is 0.271 e. The fraction of sp³-hybridized carbons (Fsp3) is 0.0625. The number of nitro groups is 1. The van der Waals surface area contributed by atoms with Crippen LogP contribution in [0.15, 0.2) is 53.6 Å². The Labute approximate surface area is 137 Å². The fourth-order valence-electron chi connectivity index (χ4n) is 1.82. The Morgan fingerprint density at radius 2 is 1.71 bits per heavy atom. The maximum atomic E-state index is 11.8. The summed E-state index contributed by atoms with van der Waals surface area (Å²) in [5, 5.41) is 17.0. The Hall–Kier alpha value is -3.55. The number of nitrogens with zero attached hydrogens (tertiary/aromatic N) is 2. The summed E-state index contributed by atoms with van der Waals surface area (Å²) in [6, 6.07) is 12.1. The molecule has 0 atom stereocenters. The highest BCUT2D eigenvalue weighted by atomic mass is 16.6. The van der Waals surface area contributed by atoms with E-state index in [1.54, 1.807) is 24.3 Å². The quantitative estimate of drug-likeness (QED) is 0.498. The lowest BCUT2D eigenvalue weighted by Gasteiger charge is -2.02. The van der Waals surface area contributed by atoms with Crippen molar-refractivity contribution in [3.63, 3.8) is 0 Å². The van der Waals surface area contributed by atoms with Crippen molar-refractivity contribution in [3.8, 4) is 0 Å². The van der Waals surface area contributed by atoms with Crippen molar-refractivity contribution in [2.45, 2.75) is 6.92 Å². The second kappa shape index (κ2) is 7.63. The Morgan fingerprint density at radius 3 is 2.25 bits per heavy atom. The molecule has 8 nitrogen and oxygen atoms in total. The number of carbonyl (C=O) groups is 2. The minimum absolute atomic E-state index is 0.0886. The van der Waals surface area contributed by atoms with Gasteiger partial charge in [-0.25, -0.2) is 5.43 Å². The third-order valence-electron chi connectivity index (χ3n) is 2.95. The molecule has 0 aliphatic heterocycles. The highest BCUT2D eigenvalue weighted by molar-refractivity contribution is 5.95. The summed E-state index contributed by atoms with van der Waals surface area (Å²) < 4.78 is 0. The van der Waals surface area contributed by atoms with Crippen molar-refractivity contribution in [1.82, 2.24) is 5.43 Å². The van der Waals surface area contributed by atoms with E-state index in [0.717, 1.165) is 5.56 Å². The lowest BCUT2D eigenvalue weighted by molar-refractivity contribution is -0.384. The molecular formula is C16H14N4O4. The summed E-state index contributed by atoms with van der Waals surface area (Å²) in [7, 11) is 0. The first-order valence-electron chi connectivity index (χ1n) is 6.91. The number of anilines is 1. The summed E-state index contributed by atoms with van der Waals surface area (Å²) in [6.07, 6.45) is 1.45. The molecule has 0 aromatic heterocycles. The summed E-state index contributed by atoms with van der Waals surface area (Å²) >= 11 is 0. The average Bonchev–Trinajstić information content (AvgIpc) is 2.56. The maximum absolute atomic E-state index is 11.8. The molecule has 0 saturated carbocycles. The molecule has 2 aromatic rings. The molecule has 0 saturated heterocycles. The molecule has 0 aliphatic rings. The van der Waals surface area contributed by atoms with Crippen LogP contribution in [-0.2, 0) is 4.79 Å². The van der Waals surface area contributed by atoms with Gasteiger partial charge in [0.2, 0.25) is 5.91 Å². The number of hydrogen-bond acceptors (Lipinski definition) is 5. The first kappa shape index (κ1) is 16.8. The van der Waals surface area contributed by atoms with Gasteiger partial charge in [-0.3, -0.25) is 19.7 Å². The Kier molecular flexibility index (Phi) is 5.35. The predicted molar refractivity (Wildman–Crippen MR) is 88.9 cm³/mol. The van der Waals surface area contributed by atoms with E-state index in [1.807, 2.05) is 0 Å². The molecule has 0 radical (unpaired) electrons. The number of benzene rings is 2. The van der Waals surface area contributed by atoms with Crippen LogP contribution in [0.1, 0.15) is 22.8 Å². The zero-order valence-corrected chi connectivity index (χ0v) is 12.7. The van der Waals surface area contributed by atoms with Crippen molar-refractivity contribution in [1.29, 1.82) is 0 Å². The monoisotopic (exact) mass is 326 g/mol. The second-order valence-corrected chi connectivity index (χ2v) is 4.81. The number of amides is 2. The van der Waals surface area contributed by atoms with E-state index in [1.165, 1.54) is 37.4 Å². The van der Waals surface area contributed by atoms with Crippen molar-refractivity contribution >= 4 is 29.4 Å². The lowest BCUT2D eigenvalue weighted by Crippen LogP contribution is -2.17. The lowest BCUT2D eigenvalue weighted by atomic mass is 10.2. The van der Waals surface area contributed by atoms with Crippen LogP contribution in [0.2, 0.25) is 0 Å². The predicted octanol–water partition coefficient (Wildman–Crippen LogP) is 2.32. The van der Waals surface area contributed by atoms with Gasteiger partial charge >= 0.3 is 0 Å². The number of hydrazone groups is 1. The molecule has 0 heterocycles. The summed E-state index contributed by atoms with van der Waals surface area (Å²) in [4.78, 5) is 32.8. The van der Waals surface area contributed by atoms with E-state index < -0.39 is 10.8 Å². The Balaban J connectivity index is 1.94. The molecule has 2 aromatic carbocycles. The van der Waals surface area contributed by atoms with E-state index in [-0.39, 0.29) is 17.2 Å². The van der Waals surface area contributed by atoms with Crippen LogP contribution < -0.4 is 10.7 Å². The van der Waals surface area contributed by atoms with Gasteiger partial charge in [-0.15, -0.1) is 0 Å². The van der Waals surface area contributed by atoms with Crippen LogP contribution in [0.4, 0.5) is 11.4 Å². The molecule has 2 amide bonds. The summed E-state index contributed by atoms with van der Waals surface area (Å²) in [6.45, 7) is 1.42. The SMILES string of the molecule is CC(=O)Nc1ccc(/C=N/NC(=O)c2ccc([N+](=O)[O-])cc2)cc1. The zero-order chi connectivity index (χ0) is 17.5. The molecule has 2 N–H and O–H groups in total. The van der Waals surface area contributed by atoms with Crippen LogP contribution in [0, 0.1) is 10.1 Å². The number of carbonyl (C=O) groups excluding carboxylic acids is 2. The highest BCUT2D eigenvalue weighted by Crippen LogP contribution is 2.12. The zero-order valence-electron chi connectivity index (χ0n) is 12.7. The van der Waals surface area contributed by atoms with Crippen molar-refractivity contribution < 1.29 is 14.5 Å². The molecular weight excluding hydrogens is 312 g/mol. The van der Waals surface area contributed by atoms with E-state index in [2.05, 4.69) is 15.8 Å². The molecule has 2 rings (SSSR count). The largest absolute Gasteiger partial charge is 0.326 e. The van der Waals surface area contributed by atoms with Crippen LogP contribution in [-0.4, -0.2) is 23.0 Å². The van der Waals surface area contributed by atoms with Crippen LogP contribution in [0.3, 0.4) is 0 Å². The maximum Gasteiger partial charge on any atom is 0.271 e. The third kappa shape index (κ3) is 4.73. The van der Waals surface area contributed by atoms with Gasteiger partial charge in [-0.05, 0) is 29.8 Å². The van der Waals surface area contributed by atoms with Crippen LogP contribution in [0.25, 0.3) is 0 Å². The number of nitro benzene ring substituents is 1. The number of rotatable bonds is 5. The van der Waals surface area contributed by atoms with Gasteiger partial charge in [0.25, 0.3) is 11.6 Å². The first-order valence-corrected chi connectivity index (χ1v) is 6.91. The van der Waals surface area contributed by atoms with E-state index in [4.69, 9.17) is 0 Å². The highest BCUT2D eigenvalue weighted by Gasteiger charge is 2.08. The first-order chi connectivity index (χ1) is 11.5. The molecule has 0 aliphatic carbocycles. The van der Waals surface area contributed by atoms with Gasteiger partial charge in [0.1, 0.15) is 0 Å². The van der Waals surface area contributed by atoms with Gasteiger partial charge in [-0.2, -0.15) is 5.10 Å². The third-order valence-corrected chi connectivity index (χ3v) is 2.95. The van der Waals surface area contributed by atoms with Crippen LogP contribution in [0.5, 0.6) is 0 Å². The fourth-order valence-corrected chi connectivity index (χ4v) is 1.82. The van der Waals surface area contributed by atoms with E-state index in [9.17, 15) is 19.7 Å². The summed E-state index contributed by atoms with van der Waals surface area (Å²) in [5.74, 6) is -0.636. The minimum Gasteiger partial charge on any atom is -0.326 e. The standard InChI is InChI=1S/C16H14N4O4/c1-11(21)18-14-6-2-12(3-7-14)10-17-19-16(22)13-4-8-15(9-5-13)20(23)24/h2-10H,1H3,(H,18,21)(H,19,22)/b17-10+. The van der Waals surface area contributed by atoms with Gasteiger partial charge in [0.15, 0.2) is 0 Å². The molecule has 0 bridgehead atoms. The van der Waals surface area contributed by atoms with Crippen molar-refractivity contribution in [2.24, 2.45) is 5.10 Å². The Morgan fingerprint density at radius 1 is 1.08 bits per heavy atom. The molecule has 0 fully saturated rings. The second-order valence-electron chi connectivity index (χ2n) is 4.81. The van der Waals surface area contributed by atoms with Crippen molar-refractivity contribution in [3.05, 3.63) is 69.8 Å². The van der Waals surface area contributed by atoms with Gasteiger partial charge in [0, 0.05) is 30.3 Å². The average molecular weight is 326 g/mol.